The van der Waals surface area contributed by atoms with E-state index in [0.717, 1.165) is 12.0 Å². The number of hydrogen-bond acceptors (Lipinski definition) is 2. The minimum Gasteiger partial charge on any atom is -0.330 e. The largest absolute Gasteiger partial charge is 0.330 e. The number of rotatable bonds is 3. The summed E-state index contributed by atoms with van der Waals surface area (Å²) in [4.78, 5) is 0. The summed E-state index contributed by atoms with van der Waals surface area (Å²) in [7, 11) is 0. The van der Waals surface area contributed by atoms with Crippen molar-refractivity contribution in [2.45, 2.75) is 13.3 Å². The number of aryl methyl sites for hydroxylation is 1. The number of nitriles is 1. The zero-order valence-corrected chi connectivity index (χ0v) is 10.5. The Kier molecular flexibility index (Phi) is 3.76. The Morgan fingerprint density at radius 2 is 1.83 bits per heavy atom. The lowest BCUT2D eigenvalue weighted by Gasteiger charge is -2.07. The minimum absolute atomic E-state index is 0.676. The highest BCUT2D eigenvalue weighted by atomic mass is 14.5. The lowest BCUT2D eigenvalue weighted by molar-refractivity contribution is 0.969. The van der Waals surface area contributed by atoms with Gasteiger partial charge in [0.2, 0.25) is 0 Å². The lowest BCUT2D eigenvalue weighted by atomic mass is 9.97. The highest BCUT2D eigenvalue weighted by Crippen LogP contribution is 2.24. The molecule has 0 atom stereocenters. The second kappa shape index (κ2) is 5.48. The Hall–Kier alpha value is -2.11. The fourth-order valence-electron chi connectivity index (χ4n) is 2.07. The quantitative estimate of drug-likeness (QED) is 0.890. The van der Waals surface area contributed by atoms with E-state index in [-0.39, 0.29) is 0 Å². The number of nitrogens with zero attached hydrogens (tertiary/aromatic N) is 1. The van der Waals surface area contributed by atoms with Gasteiger partial charge in [-0.15, -0.1) is 0 Å². The maximum atomic E-state index is 8.86. The third-order valence-electron chi connectivity index (χ3n) is 3.05. The summed E-state index contributed by atoms with van der Waals surface area (Å²) in [5.41, 5.74) is 11.0. The van der Waals surface area contributed by atoms with Crippen molar-refractivity contribution in [3.63, 3.8) is 0 Å². The van der Waals surface area contributed by atoms with Crippen LogP contribution in [0.1, 0.15) is 16.7 Å². The molecule has 0 unspecified atom stereocenters. The number of hydrogen-bond donors (Lipinski definition) is 1. The summed E-state index contributed by atoms with van der Waals surface area (Å²) in [5.74, 6) is 0. The van der Waals surface area contributed by atoms with Crippen LogP contribution in [-0.2, 0) is 6.42 Å². The van der Waals surface area contributed by atoms with Crippen LogP contribution >= 0.6 is 0 Å². The van der Waals surface area contributed by atoms with Gasteiger partial charge in [-0.3, -0.25) is 0 Å². The number of nitrogens with two attached hydrogens (primary N) is 1. The maximum absolute atomic E-state index is 8.86. The summed E-state index contributed by atoms with van der Waals surface area (Å²) >= 11 is 0. The van der Waals surface area contributed by atoms with Gasteiger partial charge in [-0.1, -0.05) is 30.3 Å². The van der Waals surface area contributed by atoms with Gasteiger partial charge in [-0.25, -0.2) is 0 Å². The molecule has 0 spiro atoms. The van der Waals surface area contributed by atoms with E-state index in [1.807, 2.05) is 25.1 Å². The third-order valence-corrected chi connectivity index (χ3v) is 3.05. The van der Waals surface area contributed by atoms with E-state index in [9.17, 15) is 0 Å². The zero-order valence-electron chi connectivity index (χ0n) is 10.5. The monoisotopic (exact) mass is 236 g/mol. The van der Waals surface area contributed by atoms with E-state index in [1.54, 1.807) is 0 Å². The van der Waals surface area contributed by atoms with Crippen LogP contribution in [0.25, 0.3) is 11.1 Å². The lowest BCUT2D eigenvalue weighted by Crippen LogP contribution is -2.02. The molecule has 0 aromatic heterocycles. The summed E-state index contributed by atoms with van der Waals surface area (Å²) in [6.07, 6.45) is 0.909. The second-order valence-electron chi connectivity index (χ2n) is 4.38. The molecule has 0 amide bonds. The average Bonchev–Trinajstić information content (AvgIpc) is 2.40. The van der Waals surface area contributed by atoms with Gasteiger partial charge in [-0.2, -0.15) is 5.26 Å². The topological polar surface area (TPSA) is 49.8 Å². The van der Waals surface area contributed by atoms with Crippen LogP contribution in [0.2, 0.25) is 0 Å². The average molecular weight is 236 g/mol. The van der Waals surface area contributed by atoms with E-state index in [4.69, 9.17) is 11.0 Å². The van der Waals surface area contributed by atoms with Crippen LogP contribution < -0.4 is 5.73 Å². The van der Waals surface area contributed by atoms with E-state index in [2.05, 4.69) is 30.3 Å². The molecular formula is C16H16N2. The molecule has 2 N–H and O–H groups in total. The van der Waals surface area contributed by atoms with Crippen molar-refractivity contribution >= 4 is 0 Å². The molecule has 2 aromatic rings. The molecule has 0 aliphatic heterocycles. The first-order valence-corrected chi connectivity index (χ1v) is 6.04. The van der Waals surface area contributed by atoms with Crippen molar-refractivity contribution in [1.29, 1.82) is 5.26 Å². The second-order valence-corrected chi connectivity index (χ2v) is 4.38. The van der Waals surface area contributed by atoms with Crippen LogP contribution in [0, 0.1) is 18.3 Å². The predicted molar refractivity (Wildman–Crippen MR) is 74.1 cm³/mol. The fourth-order valence-corrected chi connectivity index (χ4v) is 2.07. The molecule has 2 heteroatoms. The van der Waals surface area contributed by atoms with Crippen molar-refractivity contribution in [2.75, 3.05) is 6.54 Å². The fraction of sp³-hybridized carbons (Fsp3) is 0.188. The summed E-state index contributed by atoms with van der Waals surface area (Å²) in [6, 6.07) is 16.4. The molecule has 0 heterocycles. The van der Waals surface area contributed by atoms with Crippen molar-refractivity contribution in [2.24, 2.45) is 5.73 Å². The van der Waals surface area contributed by atoms with Gasteiger partial charge in [0.25, 0.3) is 0 Å². The van der Waals surface area contributed by atoms with Gasteiger partial charge in [0.05, 0.1) is 11.6 Å². The molecule has 0 aliphatic rings. The van der Waals surface area contributed by atoms with E-state index in [0.29, 0.717) is 12.1 Å². The molecule has 18 heavy (non-hydrogen) atoms. The van der Waals surface area contributed by atoms with Crippen LogP contribution in [0.4, 0.5) is 0 Å². The Balaban J connectivity index is 2.34. The smallest absolute Gasteiger partial charge is 0.0991 e. The molecule has 0 fully saturated rings. The first kappa shape index (κ1) is 12.3. The van der Waals surface area contributed by atoms with Gasteiger partial charge >= 0.3 is 0 Å². The van der Waals surface area contributed by atoms with Gasteiger partial charge in [0.1, 0.15) is 0 Å². The van der Waals surface area contributed by atoms with Crippen LogP contribution in [0.3, 0.4) is 0 Å². The molecule has 0 aliphatic carbocycles. The normalized spacial score (nSPS) is 10.1. The van der Waals surface area contributed by atoms with Gasteiger partial charge < -0.3 is 5.73 Å². The first-order valence-electron chi connectivity index (χ1n) is 6.04. The molecule has 2 aromatic carbocycles. The highest BCUT2D eigenvalue weighted by molar-refractivity contribution is 5.68. The van der Waals surface area contributed by atoms with Crippen molar-refractivity contribution in [3.8, 4) is 17.2 Å². The van der Waals surface area contributed by atoms with Crippen LogP contribution in [0.5, 0.6) is 0 Å². The number of benzene rings is 2. The molecule has 0 saturated carbocycles. The molecule has 0 bridgehead atoms. The van der Waals surface area contributed by atoms with Crippen LogP contribution in [-0.4, -0.2) is 6.54 Å². The molecule has 2 nitrogen and oxygen atoms in total. The Bertz CT molecular complexity index is 577. The van der Waals surface area contributed by atoms with Crippen LogP contribution in [0.15, 0.2) is 42.5 Å². The Labute approximate surface area is 108 Å². The zero-order chi connectivity index (χ0) is 13.0. The highest BCUT2D eigenvalue weighted by Gasteiger charge is 2.03. The summed E-state index contributed by atoms with van der Waals surface area (Å²) in [6.45, 7) is 2.71. The first-order chi connectivity index (χ1) is 8.74. The van der Waals surface area contributed by atoms with Gasteiger partial charge in [0, 0.05) is 0 Å². The standard InChI is InChI=1S/C16H16N2/c1-12-10-14(11-18)4-7-16(12)15-5-2-13(3-6-15)8-9-17/h2-7,10H,8-9,17H2,1H3. The Morgan fingerprint density at radius 1 is 1.11 bits per heavy atom. The summed E-state index contributed by atoms with van der Waals surface area (Å²) in [5, 5.41) is 8.86. The predicted octanol–water partition coefficient (Wildman–Crippen LogP) is 3.03. The molecule has 0 saturated heterocycles. The summed E-state index contributed by atoms with van der Waals surface area (Å²) < 4.78 is 0. The van der Waals surface area contributed by atoms with Crippen molar-refractivity contribution in [3.05, 3.63) is 59.2 Å². The maximum Gasteiger partial charge on any atom is 0.0991 e. The van der Waals surface area contributed by atoms with E-state index < -0.39 is 0 Å². The Morgan fingerprint density at radius 3 is 2.39 bits per heavy atom. The van der Waals surface area contributed by atoms with Gasteiger partial charge in [0.15, 0.2) is 0 Å². The third kappa shape index (κ3) is 2.58. The van der Waals surface area contributed by atoms with Crippen molar-refractivity contribution < 1.29 is 0 Å². The molecular weight excluding hydrogens is 220 g/mol. The van der Waals surface area contributed by atoms with Crippen molar-refractivity contribution in [1.82, 2.24) is 0 Å². The van der Waals surface area contributed by atoms with E-state index in [1.165, 1.54) is 16.7 Å². The van der Waals surface area contributed by atoms with Gasteiger partial charge in [-0.05, 0) is 54.3 Å². The minimum atomic E-state index is 0.676. The van der Waals surface area contributed by atoms with E-state index >= 15 is 0 Å². The SMILES string of the molecule is Cc1cc(C#N)ccc1-c1ccc(CCN)cc1. The molecule has 2 rings (SSSR count). The molecule has 90 valence electrons. The molecule has 0 radical (unpaired) electrons.